The van der Waals surface area contributed by atoms with Gasteiger partial charge in [0.1, 0.15) is 23.6 Å². The van der Waals surface area contributed by atoms with Crippen molar-refractivity contribution in [2.24, 2.45) is 0 Å². The van der Waals surface area contributed by atoms with Crippen LogP contribution in [0.15, 0.2) is 24.4 Å². The van der Waals surface area contributed by atoms with Crippen molar-refractivity contribution in [3.63, 3.8) is 0 Å². The Morgan fingerprint density at radius 1 is 1.37 bits per heavy atom. The van der Waals surface area contributed by atoms with Crippen LogP contribution in [0.25, 0.3) is 0 Å². The van der Waals surface area contributed by atoms with Crippen molar-refractivity contribution in [3.05, 3.63) is 36.0 Å². The first-order valence-corrected chi connectivity index (χ1v) is 12.3. The van der Waals surface area contributed by atoms with Crippen LogP contribution in [0.2, 0.25) is 0 Å². The molecule has 0 bridgehead atoms. The number of carbonyl (C=O) groups excluding carboxylic acids is 4. The number of carbonyl (C=O) groups is 4. The van der Waals surface area contributed by atoms with Gasteiger partial charge in [-0.2, -0.15) is 18.4 Å². The molecule has 3 rings (SSSR count). The number of nitriles is 1. The molecular weight excluding hydrogens is 561 g/mol. The van der Waals surface area contributed by atoms with Gasteiger partial charge in [-0.05, 0) is 6.42 Å². The first-order chi connectivity index (χ1) is 19.1. The Labute approximate surface area is 230 Å². The van der Waals surface area contributed by atoms with Crippen molar-refractivity contribution >= 4 is 29.3 Å². The molecule has 11 nitrogen and oxygen atoms in total. The highest BCUT2D eigenvalue weighted by Gasteiger charge is 2.56. The van der Waals surface area contributed by atoms with E-state index < -0.39 is 90.1 Å². The van der Waals surface area contributed by atoms with E-state index in [-0.39, 0.29) is 12.4 Å². The molecule has 2 N–H and O–H groups in total. The van der Waals surface area contributed by atoms with Crippen LogP contribution in [0, 0.1) is 23.0 Å². The summed E-state index contributed by atoms with van der Waals surface area (Å²) in [4.78, 5) is 52.4. The van der Waals surface area contributed by atoms with Gasteiger partial charge in [-0.1, -0.05) is 19.9 Å². The fraction of sp³-hybridized carbons (Fsp3) is 0.480. The number of ether oxygens (including phenoxy) is 2. The number of amides is 4. The number of alkyl halides is 3. The molecule has 1 spiro atoms. The van der Waals surface area contributed by atoms with Crippen molar-refractivity contribution < 1.29 is 50.6 Å². The normalized spacial score (nSPS) is 20.4. The number of likely N-dealkylation sites (N-methyl/N-ethyl adjacent to an activating group) is 1. The summed E-state index contributed by atoms with van der Waals surface area (Å²) in [5.74, 6) is -8.03. The van der Waals surface area contributed by atoms with Crippen LogP contribution in [0.1, 0.15) is 26.2 Å². The Morgan fingerprint density at radius 2 is 2.05 bits per heavy atom. The Balaban J connectivity index is 1.88. The maximum atomic E-state index is 14.2. The van der Waals surface area contributed by atoms with E-state index >= 15 is 0 Å². The average molecular weight is 588 g/mol. The molecule has 41 heavy (non-hydrogen) atoms. The third-order valence-corrected chi connectivity index (χ3v) is 6.50. The topological polar surface area (TPSA) is 141 Å². The molecular formula is C25H26F5N5O6. The summed E-state index contributed by atoms with van der Waals surface area (Å²) in [6, 6.07) is 0.347. The first-order valence-electron chi connectivity index (χ1n) is 12.3. The van der Waals surface area contributed by atoms with Gasteiger partial charge in [-0.25, -0.2) is 8.78 Å². The van der Waals surface area contributed by atoms with Gasteiger partial charge in [0.05, 0.1) is 24.9 Å². The van der Waals surface area contributed by atoms with Gasteiger partial charge in [-0.15, -0.1) is 0 Å². The van der Waals surface area contributed by atoms with Crippen LogP contribution in [-0.2, 0) is 23.9 Å². The van der Waals surface area contributed by atoms with E-state index in [0.29, 0.717) is 23.8 Å². The lowest BCUT2D eigenvalue weighted by Crippen LogP contribution is -2.56. The number of halogens is 5. The highest BCUT2D eigenvalue weighted by Crippen LogP contribution is 2.42. The second kappa shape index (κ2) is 12.1. The molecule has 1 aromatic carbocycles. The molecule has 2 aliphatic rings. The van der Waals surface area contributed by atoms with Crippen LogP contribution >= 0.6 is 0 Å². The second-order valence-electron chi connectivity index (χ2n) is 9.42. The van der Waals surface area contributed by atoms with Crippen LogP contribution in [0.5, 0.6) is 5.75 Å². The Hall–Kier alpha value is -4.26. The molecule has 0 radical (unpaired) electrons. The molecule has 2 heterocycles. The number of rotatable bonds is 9. The van der Waals surface area contributed by atoms with Crippen molar-refractivity contribution in [1.82, 2.24) is 15.1 Å². The van der Waals surface area contributed by atoms with E-state index in [9.17, 15) is 46.4 Å². The number of hydrogen-bond acceptors (Lipinski definition) is 7. The zero-order chi connectivity index (χ0) is 30.7. The van der Waals surface area contributed by atoms with Gasteiger partial charge in [0.15, 0.2) is 11.6 Å². The average Bonchev–Trinajstić information content (AvgIpc) is 3.27. The zero-order valence-electron chi connectivity index (χ0n) is 21.9. The minimum atomic E-state index is -5.31. The number of benzene rings is 1. The van der Waals surface area contributed by atoms with E-state index in [0.717, 1.165) is 18.0 Å². The van der Waals surface area contributed by atoms with Gasteiger partial charge in [-0.3, -0.25) is 19.2 Å². The number of fused-ring (bicyclic) bond motifs is 1. The summed E-state index contributed by atoms with van der Waals surface area (Å²) in [5.41, 5.74) is -3.33. The van der Waals surface area contributed by atoms with E-state index in [1.165, 1.54) is 5.32 Å². The van der Waals surface area contributed by atoms with Gasteiger partial charge in [0.25, 0.3) is 11.8 Å². The first kappa shape index (κ1) is 31.3. The standard InChI is InChI=1S/C25H26F5N5O6/c1-4-5-6-40-11-17(34(3)20(36)13(2)32-23(39)25(28,29)30)21(37)35-12-24(9-15(35)10-31)22(38)33-19-16(27)7-14(26)8-18(19)41-24/h7-8,15,17H,2,4-6,9,11-12H2,1,3H3,(H,32,39)(H,33,38)/t15-,17-,24+/m0/s1. The molecule has 0 aliphatic carbocycles. The van der Waals surface area contributed by atoms with E-state index in [4.69, 9.17) is 9.47 Å². The third kappa shape index (κ3) is 6.56. The monoisotopic (exact) mass is 587 g/mol. The predicted octanol–water partition coefficient (Wildman–Crippen LogP) is 1.99. The van der Waals surface area contributed by atoms with E-state index in [2.05, 4.69) is 11.9 Å². The minimum absolute atomic E-state index is 0.152. The third-order valence-electron chi connectivity index (χ3n) is 6.50. The lowest BCUT2D eigenvalue weighted by Gasteiger charge is -2.35. The fourth-order valence-electron chi connectivity index (χ4n) is 4.29. The predicted molar refractivity (Wildman–Crippen MR) is 130 cm³/mol. The fourth-order valence-corrected chi connectivity index (χ4v) is 4.29. The molecule has 3 atom stereocenters. The molecule has 1 fully saturated rings. The maximum absolute atomic E-state index is 14.2. The highest BCUT2D eigenvalue weighted by atomic mass is 19.4. The van der Waals surface area contributed by atoms with E-state index in [1.807, 2.05) is 13.0 Å². The second-order valence-corrected chi connectivity index (χ2v) is 9.42. The van der Waals surface area contributed by atoms with Crippen LogP contribution in [-0.4, -0.2) is 84.1 Å². The van der Waals surface area contributed by atoms with Gasteiger partial charge in [0.2, 0.25) is 11.5 Å². The summed E-state index contributed by atoms with van der Waals surface area (Å²) in [5, 5.41) is 13.4. The Bertz CT molecular complexity index is 1300. The summed E-state index contributed by atoms with van der Waals surface area (Å²) < 4.78 is 77.1. The Morgan fingerprint density at radius 3 is 2.66 bits per heavy atom. The lowest BCUT2D eigenvalue weighted by molar-refractivity contribution is -0.173. The number of nitrogens with zero attached hydrogens (tertiary/aromatic N) is 3. The van der Waals surface area contributed by atoms with Gasteiger partial charge < -0.3 is 29.9 Å². The minimum Gasteiger partial charge on any atom is -0.473 e. The van der Waals surface area contributed by atoms with Crippen molar-refractivity contribution in [2.75, 3.05) is 32.1 Å². The number of nitrogens with one attached hydrogen (secondary N) is 2. The summed E-state index contributed by atoms with van der Waals surface area (Å²) in [6.07, 6.45) is -4.43. The van der Waals surface area contributed by atoms with E-state index in [1.54, 1.807) is 0 Å². The van der Waals surface area contributed by atoms with Crippen LogP contribution < -0.4 is 15.4 Å². The van der Waals surface area contributed by atoms with Gasteiger partial charge in [0, 0.05) is 32.2 Å². The molecule has 1 aromatic rings. The molecule has 0 saturated carbocycles. The molecule has 0 unspecified atom stereocenters. The molecule has 16 heteroatoms. The Kier molecular flexibility index (Phi) is 9.22. The number of likely N-dealkylation sites (tertiary alicyclic amines) is 1. The smallest absolute Gasteiger partial charge is 0.471 e. The molecule has 222 valence electrons. The van der Waals surface area contributed by atoms with Crippen LogP contribution in [0.3, 0.4) is 0 Å². The molecule has 4 amide bonds. The molecule has 0 aromatic heterocycles. The quantitative estimate of drug-likeness (QED) is 0.256. The van der Waals surface area contributed by atoms with Crippen LogP contribution in [0.4, 0.5) is 27.6 Å². The molecule has 2 aliphatic heterocycles. The number of anilines is 1. The zero-order valence-corrected chi connectivity index (χ0v) is 21.9. The number of unbranched alkanes of at least 4 members (excludes halogenated alkanes) is 1. The molecule has 1 saturated heterocycles. The van der Waals surface area contributed by atoms with Crippen molar-refractivity contribution in [2.45, 2.75) is 50.0 Å². The highest BCUT2D eigenvalue weighted by molar-refractivity contribution is 6.03. The summed E-state index contributed by atoms with van der Waals surface area (Å²) in [6.45, 7) is 4.12. The summed E-state index contributed by atoms with van der Waals surface area (Å²) >= 11 is 0. The maximum Gasteiger partial charge on any atom is 0.471 e. The van der Waals surface area contributed by atoms with Crippen molar-refractivity contribution in [3.8, 4) is 11.8 Å². The van der Waals surface area contributed by atoms with Crippen molar-refractivity contribution in [1.29, 1.82) is 5.26 Å². The lowest BCUT2D eigenvalue weighted by atomic mass is 9.97. The largest absolute Gasteiger partial charge is 0.473 e. The summed E-state index contributed by atoms with van der Waals surface area (Å²) in [7, 11) is 1.05. The van der Waals surface area contributed by atoms with Gasteiger partial charge >= 0.3 is 12.1 Å². The number of hydrogen-bond donors (Lipinski definition) is 2. The SMILES string of the molecule is C=C(NC(=O)C(F)(F)F)C(=O)N(C)[C@@H](COCCCC)C(=O)N1C[C@@]2(C[C@H]1C#N)Oc1cc(F)cc(F)c1NC2=O.